The highest BCUT2D eigenvalue weighted by Crippen LogP contribution is 2.27. The summed E-state index contributed by atoms with van der Waals surface area (Å²) in [6, 6.07) is 17.5. The van der Waals surface area contributed by atoms with Crippen molar-refractivity contribution in [1.82, 2.24) is 4.98 Å². The van der Waals surface area contributed by atoms with Crippen LogP contribution >= 0.6 is 23.2 Å². The highest BCUT2D eigenvalue weighted by molar-refractivity contribution is 6.42. The average Bonchev–Trinajstić information content (AvgIpc) is 2.85. The van der Waals surface area contributed by atoms with Gasteiger partial charge in [-0.3, -0.25) is 4.79 Å². The number of rotatable bonds is 7. The first-order chi connectivity index (χ1) is 16.4. The first kappa shape index (κ1) is 23.5. The number of aromatic nitrogens is 2. The summed E-state index contributed by atoms with van der Waals surface area (Å²) >= 11 is 12.2. The highest BCUT2D eigenvalue weighted by Gasteiger charge is 2.28. The van der Waals surface area contributed by atoms with Crippen LogP contribution in [0.15, 0.2) is 66.7 Å². The van der Waals surface area contributed by atoms with E-state index < -0.39 is 18.4 Å². The van der Waals surface area contributed by atoms with Crippen molar-refractivity contribution in [1.29, 1.82) is 0 Å². The Kier molecular flexibility index (Phi) is 6.95. The number of halogens is 2. The van der Waals surface area contributed by atoms with E-state index in [1.807, 2.05) is 6.92 Å². The molecule has 4 rings (SSSR count). The number of carbonyl (C=O) groups excluding carboxylic acids is 2. The maximum Gasteiger partial charge on any atom is 0.338 e. The molecule has 0 aliphatic carbocycles. The molecule has 3 aromatic carbocycles. The van der Waals surface area contributed by atoms with Gasteiger partial charge in [0, 0.05) is 11.6 Å². The normalized spacial score (nSPS) is 10.8. The predicted molar refractivity (Wildman–Crippen MR) is 127 cm³/mol. The van der Waals surface area contributed by atoms with Gasteiger partial charge in [0.15, 0.2) is 5.69 Å². The van der Waals surface area contributed by atoms with Crippen LogP contribution in [-0.2, 0) is 11.3 Å². The molecule has 0 unspecified atom stereocenters. The Balaban J connectivity index is 1.72. The first-order valence-corrected chi connectivity index (χ1v) is 11.1. The van der Waals surface area contributed by atoms with E-state index in [0.717, 1.165) is 0 Å². The maximum absolute atomic E-state index is 13.2. The Bertz CT molecular complexity index is 1380. The summed E-state index contributed by atoms with van der Waals surface area (Å²) in [6.45, 7) is 1.95. The van der Waals surface area contributed by atoms with Crippen molar-refractivity contribution in [2.24, 2.45) is 0 Å². The number of ether oxygens (including phenoxy) is 2. The van der Waals surface area contributed by atoms with Crippen molar-refractivity contribution in [3.05, 3.63) is 104 Å². The van der Waals surface area contributed by atoms with Crippen LogP contribution in [0.3, 0.4) is 0 Å². The molecule has 0 saturated heterocycles. The quantitative estimate of drug-likeness (QED) is 0.152. The Labute approximate surface area is 205 Å². The smallest absolute Gasteiger partial charge is 0.338 e. The van der Waals surface area contributed by atoms with E-state index >= 15 is 0 Å². The minimum absolute atomic E-state index is 0.00553. The fourth-order valence-electron chi connectivity index (χ4n) is 3.34. The zero-order chi connectivity index (χ0) is 24.2. The van der Waals surface area contributed by atoms with Crippen LogP contribution in [0.5, 0.6) is 5.75 Å². The van der Waals surface area contributed by atoms with Crippen LogP contribution in [0.4, 0.5) is 0 Å². The molecule has 0 saturated carbocycles. The van der Waals surface area contributed by atoms with Crippen molar-refractivity contribution in [3.63, 3.8) is 0 Å². The number of benzene rings is 3. The van der Waals surface area contributed by atoms with Gasteiger partial charge in [-0.2, -0.15) is 4.73 Å². The highest BCUT2D eigenvalue weighted by atomic mass is 35.5. The van der Waals surface area contributed by atoms with Crippen LogP contribution in [0.25, 0.3) is 11.0 Å². The number of esters is 1. The van der Waals surface area contributed by atoms with Crippen LogP contribution < -0.4 is 9.47 Å². The topological polar surface area (TPSA) is 92.4 Å². The van der Waals surface area contributed by atoms with Gasteiger partial charge >= 0.3 is 5.97 Å². The fraction of sp³-hybridized carbons (Fsp3) is 0.120. The molecule has 4 aromatic rings. The number of hydrogen-bond acceptors (Lipinski definition) is 6. The second-order valence-electron chi connectivity index (χ2n) is 7.19. The number of fused-ring (bicyclic) bond motifs is 1. The van der Waals surface area contributed by atoms with Crippen molar-refractivity contribution >= 4 is 46.0 Å². The molecular weight excluding hydrogens is 479 g/mol. The molecule has 34 heavy (non-hydrogen) atoms. The van der Waals surface area contributed by atoms with E-state index in [1.54, 1.807) is 54.6 Å². The molecule has 0 amide bonds. The number of hydrogen-bond donors (Lipinski definition) is 0. The van der Waals surface area contributed by atoms with Gasteiger partial charge in [-0.15, -0.1) is 0 Å². The third-order valence-corrected chi connectivity index (χ3v) is 5.68. The Morgan fingerprint density at radius 3 is 2.32 bits per heavy atom. The zero-order valence-corrected chi connectivity index (χ0v) is 19.5. The Morgan fingerprint density at radius 1 is 0.971 bits per heavy atom. The van der Waals surface area contributed by atoms with E-state index in [0.29, 0.717) is 17.1 Å². The van der Waals surface area contributed by atoms with E-state index in [2.05, 4.69) is 4.98 Å². The largest absolute Gasteiger partial charge is 0.618 e. The third kappa shape index (κ3) is 4.81. The molecule has 172 valence electrons. The molecule has 0 atom stereocenters. The first-order valence-electron chi connectivity index (χ1n) is 10.3. The van der Waals surface area contributed by atoms with Gasteiger partial charge in [0.25, 0.3) is 11.5 Å². The molecular formula is C25H18Cl2N2O5. The van der Waals surface area contributed by atoms with Crippen molar-refractivity contribution in [3.8, 4) is 5.75 Å². The van der Waals surface area contributed by atoms with Crippen LogP contribution in [0, 0.1) is 5.21 Å². The number of nitrogens with zero attached hydrogens (tertiary/aromatic N) is 2. The predicted octanol–water partition coefficient (Wildman–Crippen LogP) is 5.16. The lowest BCUT2D eigenvalue weighted by molar-refractivity contribution is -0.580. The number of ketones is 1. The Morgan fingerprint density at radius 2 is 1.65 bits per heavy atom. The molecule has 0 spiro atoms. The monoisotopic (exact) mass is 496 g/mol. The molecule has 1 aromatic heterocycles. The molecule has 0 N–H and O–H groups in total. The summed E-state index contributed by atoms with van der Waals surface area (Å²) in [5.74, 6) is -0.591. The lowest BCUT2D eigenvalue weighted by atomic mass is 10.1. The van der Waals surface area contributed by atoms with E-state index in [1.165, 1.54) is 12.1 Å². The molecule has 0 aliphatic rings. The SMILES string of the molecule is CCOc1ccc(C(=O)OCc2nc3cc(Cl)c(Cl)cc3[n+]([O-])c2C(=O)c2ccccc2)cc1. The molecule has 0 bridgehead atoms. The third-order valence-electron chi connectivity index (χ3n) is 4.96. The van der Waals surface area contributed by atoms with Gasteiger partial charge in [-0.1, -0.05) is 53.5 Å². The summed E-state index contributed by atoms with van der Waals surface area (Å²) in [5.41, 5.74) is 0.569. The summed E-state index contributed by atoms with van der Waals surface area (Å²) < 4.78 is 11.2. The summed E-state index contributed by atoms with van der Waals surface area (Å²) in [6.07, 6.45) is 0. The summed E-state index contributed by atoms with van der Waals surface area (Å²) in [4.78, 5) is 30.2. The van der Waals surface area contributed by atoms with Gasteiger partial charge in [-0.25, -0.2) is 9.78 Å². The van der Waals surface area contributed by atoms with Crippen LogP contribution in [0.2, 0.25) is 10.0 Å². The second-order valence-corrected chi connectivity index (χ2v) is 8.00. The van der Waals surface area contributed by atoms with Gasteiger partial charge < -0.3 is 14.7 Å². The lowest BCUT2D eigenvalue weighted by Gasteiger charge is -2.12. The standard InChI is InChI=1S/C25H18Cl2N2O5/c1-2-33-17-10-8-16(9-11-17)25(31)34-14-21-23(24(30)15-6-4-3-5-7-15)29(32)22-13-19(27)18(26)12-20(22)28-21/h3-13H,2,14H2,1H3. The van der Waals surface area contributed by atoms with Crippen molar-refractivity contribution in [2.75, 3.05) is 6.61 Å². The fourth-order valence-corrected chi connectivity index (χ4v) is 3.65. The molecule has 0 fully saturated rings. The van der Waals surface area contributed by atoms with E-state index in [4.69, 9.17) is 32.7 Å². The van der Waals surface area contributed by atoms with E-state index in [-0.39, 0.29) is 43.6 Å². The minimum atomic E-state index is -0.644. The maximum atomic E-state index is 13.2. The minimum Gasteiger partial charge on any atom is -0.618 e. The Hall–Kier alpha value is -3.68. The zero-order valence-electron chi connectivity index (χ0n) is 18.0. The average molecular weight is 497 g/mol. The van der Waals surface area contributed by atoms with E-state index in [9.17, 15) is 14.8 Å². The summed E-state index contributed by atoms with van der Waals surface area (Å²) in [5, 5.41) is 13.6. The molecule has 9 heteroatoms. The van der Waals surface area contributed by atoms with Gasteiger partial charge in [0.05, 0.1) is 22.2 Å². The molecule has 0 radical (unpaired) electrons. The van der Waals surface area contributed by atoms with Crippen LogP contribution in [-0.4, -0.2) is 23.3 Å². The van der Waals surface area contributed by atoms with Gasteiger partial charge in [0.1, 0.15) is 17.9 Å². The lowest BCUT2D eigenvalue weighted by Crippen LogP contribution is -2.38. The summed E-state index contributed by atoms with van der Waals surface area (Å²) in [7, 11) is 0. The molecule has 0 aliphatic heterocycles. The number of carbonyl (C=O) groups is 2. The second kappa shape index (κ2) is 10.1. The molecule has 1 heterocycles. The van der Waals surface area contributed by atoms with Gasteiger partial charge in [-0.05, 0) is 37.3 Å². The van der Waals surface area contributed by atoms with Crippen molar-refractivity contribution < 1.29 is 23.8 Å². The van der Waals surface area contributed by atoms with Crippen LogP contribution in [0.1, 0.15) is 39.0 Å². The van der Waals surface area contributed by atoms with Gasteiger partial charge in [0.2, 0.25) is 5.52 Å². The molecule has 7 nitrogen and oxygen atoms in total. The van der Waals surface area contributed by atoms with Crippen molar-refractivity contribution in [2.45, 2.75) is 13.5 Å².